The molecular formula is C13H24O3SSi. The van der Waals surface area contributed by atoms with Crippen LogP contribution < -0.4 is 0 Å². The Morgan fingerprint density at radius 3 is 2.33 bits per heavy atom. The Bertz CT molecular complexity index is 330. The van der Waals surface area contributed by atoms with Gasteiger partial charge in [0.05, 0.1) is 12.0 Å². The van der Waals surface area contributed by atoms with Gasteiger partial charge in [-0.1, -0.05) is 31.4 Å². The standard InChI is InChI=1S/C13H24O3SSi/c1-10(14)17-11-8-13(2,9-11)12(15)16-6-7-18(3,4)5/h11H,6-9H2,1-5H3. The van der Waals surface area contributed by atoms with E-state index in [0.29, 0.717) is 11.9 Å². The number of carbonyl (C=O) groups excluding carboxylic acids is 2. The van der Waals surface area contributed by atoms with Crippen LogP contribution in [0, 0.1) is 5.41 Å². The van der Waals surface area contributed by atoms with Crippen LogP contribution in [0.15, 0.2) is 0 Å². The number of carbonyl (C=O) groups is 2. The smallest absolute Gasteiger partial charge is 0.311 e. The Morgan fingerprint density at radius 2 is 1.89 bits per heavy atom. The summed E-state index contributed by atoms with van der Waals surface area (Å²) in [5.41, 5.74) is -0.355. The Balaban J connectivity index is 2.29. The molecule has 0 spiro atoms. The fourth-order valence-corrected chi connectivity index (χ4v) is 4.14. The highest BCUT2D eigenvalue weighted by molar-refractivity contribution is 8.14. The summed E-state index contributed by atoms with van der Waals surface area (Å²) in [6.45, 7) is 10.9. The van der Waals surface area contributed by atoms with E-state index in [4.69, 9.17) is 4.74 Å². The maximum Gasteiger partial charge on any atom is 0.311 e. The molecule has 0 atom stereocenters. The molecule has 0 radical (unpaired) electrons. The molecule has 104 valence electrons. The average molecular weight is 288 g/mol. The van der Waals surface area contributed by atoms with Gasteiger partial charge in [-0.3, -0.25) is 9.59 Å². The third-order valence-electron chi connectivity index (χ3n) is 3.27. The van der Waals surface area contributed by atoms with Crippen LogP contribution in [0.25, 0.3) is 0 Å². The van der Waals surface area contributed by atoms with Crippen LogP contribution in [-0.4, -0.2) is 31.0 Å². The summed E-state index contributed by atoms with van der Waals surface area (Å²) in [6, 6.07) is 1.01. The molecule has 1 aliphatic carbocycles. The monoisotopic (exact) mass is 288 g/mol. The van der Waals surface area contributed by atoms with Gasteiger partial charge in [-0.2, -0.15) is 0 Å². The first-order chi connectivity index (χ1) is 8.12. The molecule has 3 nitrogen and oxygen atoms in total. The highest BCUT2D eigenvalue weighted by Gasteiger charge is 2.48. The molecule has 1 saturated carbocycles. The van der Waals surface area contributed by atoms with Crippen molar-refractivity contribution in [3.63, 3.8) is 0 Å². The van der Waals surface area contributed by atoms with E-state index in [-0.39, 0.29) is 16.5 Å². The van der Waals surface area contributed by atoms with E-state index in [1.165, 1.54) is 11.8 Å². The largest absolute Gasteiger partial charge is 0.466 e. The second kappa shape index (κ2) is 5.78. The number of esters is 1. The second-order valence-electron chi connectivity index (χ2n) is 6.65. The molecule has 0 aliphatic heterocycles. The lowest BCUT2D eigenvalue weighted by atomic mass is 9.70. The van der Waals surface area contributed by atoms with Crippen molar-refractivity contribution in [3.05, 3.63) is 0 Å². The number of rotatable bonds is 5. The third-order valence-corrected chi connectivity index (χ3v) is 5.97. The number of ether oxygens (including phenoxy) is 1. The summed E-state index contributed by atoms with van der Waals surface area (Å²) in [5, 5.41) is 0.436. The summed E-state index contributed by atoms with van der Waals surface area (Å²) >= 11 is 1.35. The van der Waals surface area contributed by atoms with Crippen LogP contribution in [0.1, 0.15) is 26.7 Å². The molecule has 1 rings (SSSR count). The first-order valence-corrected chi connectivity index (χ1v) is 11.1. The van der Waals surface area contributed by atoms with Crippen molar-refractivity contribution >= 4 is 30.9 Å². The van der Waals surface area contributed by atoms with Crippen LogP contribution in [0.2, 0.25) is 25.7 Å². The summed E-state index contributed by atoms with van der Waals surface area (Å²) in [7, 11) is -1.14. The second-order valence-corrected chi connectivity index (χ2v) is 13.7. The van der Waals surface area contributed by atoms with E-state index >= 15 is 0 Å². The van der Waals surface area contributed by atoms with Crippen molar-refractivity contribution < 1.29 is 14.3 Å². The summed E-state index contributed by atoms with van der Waals surface area (Å²) < 4.78 is 5.38. The molecule has 0 aromatic carbocycles. The molecule has 1 aliphatic rings. The molecule has 0 unspecified atom stereocenters. The molecule has 5 heteroatoms. The quantitative estimate of drug-likeness (QED) is 0.575. The third kappa shape index (κ3) is 4.76. The van der Waals surface area contributed by atoms with Crippen molar-refractivity contribution in [2.24, 2.45) is 5.41 Å². The fraction of sp³-hybridized carbons (Fsp3) is 0.846. The van der Waals surface area contributed by atoms with E-state index in [9.17, 15) is 9.59 Å². The first kappa shape index (κ1) is 15.8. The number of hydrogen-bond acceptors (Lipinski definition) is 4. The predicted molar refractivity (Wildman–Crippen MR) is 78.5 cm³/mol. The number of hydrogen-bond donors (Lipinski definition) is 0. The molecule has 0 amide bonds. The topological polar surface area (TPSA) is 43.4 Å². The lowest BCUT2D eigenvalue weighted by Crippen LogP contribution is -2.44. The van der Waals surface area contributed by atoms with Gasteiger partial charge < -0.3 is 4.74 Å². The zero-order valence-electron chi connectivity index (χ0n) is 12.0. The van der Waals surface area contributed by atoms with Crippen LogP contribution in [-0.2, 0) is 14.3 Å². The van der Waals surface area contributed by atoms with Crippen LogP contribution >= 0.6 is 11.8 Å². The predicted octanol–water partition coefficient (Wildman–Crippen LogP) is 3.32. The van der Waals surface area contributed by atoms with Gasteiger partial charge in [-0.15, -0.1) is 0 Å². The zero-order valence-corrected chi connectivity index (χ0v) is 13.9. The minimum absolute atomic E-state index is 0.0823. The van der Waals surface area contributed by atoms with Crippen molar-refractivity contribution in [1.82, 2.24) is 0 Å². The van der Waals surface area contributed by atoms with Crippen LogP contribution in [0.3, 0.4) is 0 Å². The molecular weight excluding hydrogens is 264 g/mol. The van der Waals surface area contributed by atoms with E-state index in [2.05, 4.69) is 19.6 Å². The molecule has 0 N–H and O–H groups in total. The highest BCUT2D eigenvalue weighted by atomic mass is 32.2. The van der Waals surface area contributed by atoms with Crippen molar-refractivity contribution in [3.8, 4) is 0 Å². The van der Waals surface area contributed by atoms with Crippen molar-refractivity contribution in [2.45, 2.75) is 57.6 Å². The molecule has 18 heavy (non-hydrogen) atoms. The Labute approximate surface area is 115 Å². The van der Waals surface area contributed by atoms with Gasteiger partial charge in [0.1, 0.15) is 0 Å². The first-order valence-electron chi connectivity index (χ1n) is 6.47. The molecule has 0 aromatic heterocycles. The zero-order chi connectivity index (χ0) is 14.0. The van der Waals surface area contributed by atoms with Gasteiger partial charge >= 0.3 is 5.97 Å². The SMILES string of the molecule is CC(=O)SC1CC(C)(C(=O)OCC[Si](C)(C)C)C1. The van der Waals surface area contributed by atoms with E-state index in [1.807, 2.05) is 6.92 Å². The van der Waals surface area contributed by atoms with E-state index in [0.717, 1.165) is 18.9 Å². The van der Waals surface area contributed by atoms with Gasteiger partial charge in [0.2, 0.25) is 0 Å². The molecule has 0 saturated heterocycles. The molecule has 0 heterocycles. The summed E-state index contributed by atoms with van der Waals surface area (Å²) in [5.74, 6) is -0.0823. The van der Waals surface area contributed by atoms with Gasteiger partial charge in [0, 0.05) is 20.2 Å². The molecule has 0 aromatic rings. The van der Waals surface area contributed by atoms with Crippen LogP contribution in [0.5, 0.6) is 0 Å². The number of thioether (sulfide) groups is 1. The molecule has 1 fully saturated rings. The van der Waals surface area contributed by atoms with Gasteiger partial charge in [-0.25, -0.2) is 0 Å². The fourth-order valence-electron chi connectivity index (χ4n) is 2.05. The molecule has 0 bridgehead atoms. The maximum atomic E-state index is 12.0. The van der Waals surface area contributed by atoms with E-state index in [1.54, 1.807) is 6.92 Å². The maximum absolute atomic E-state index is 12.0. The van der Waals surface area contributed by atoms with Crippen molar-refractivity contribution in [2.75, 3.05) is 6.61 Å². The van der Waals surface area contributed by atoms with Gasteiger partial charge in [0.25, 0.3) is 0 Å². The summed E-state index contributed by atoms with van der Waals surface area (Å²) in [4.78, 5) is 22.9. The Hall–Kier alpha value is -0.293. The average Bonchev–Trinajstić information content (AvgIpc) is 2.11. The van der Waals surface area contributed by atoms with Gasteiger partial charge in [0.15, 0.2) is 5.12 Å². The minimum Gasteiger partial charge on any atom is -0.466 e. The van der Waals surface area contributed by atoms with Crippen molar-refractivity contribution in [1.29, 1.82) is 0 Å². The minimum atomic E-state index is -1.14. The normalized spacial score (nSPS) is 27.5. The summed E-state index contributed by atoms with van der Waals surface area (Å²) in [6.07, 6.45) is 1.53. The van der Waals surface area contributed by atoms with Gasteiger partial charge in [-0.05, 0) is 25.8 Å². The van der Waals surface area contributed by atoms with Crippen LogP contribution in [0.4, 0.5) is 0 Å². The Morgan fingerprint density at radius 1 is 1.33 bits per heavy atom. The van der Waals surface area contributed by atoms with E-state index < -0.39 is 8.07 Å². The Kier molecular flexibility index (Phi) is 5.06. The lowest BCUT2D eigenvalue weighted by molar-refractivity contribution is -0.159. The lowest BCUT2D eigenvalue weighted by Gasteiger charge is -2.42. The highest BCUT2D eigenvalue weighted by Crippen LogP contribution is 2.47.